The molecule has 4 aliphatic heterocycles. The maximum absolute atomic E-state index is 14.3. The Hall–Kier alpha value is -8.68. The van der Waals surface area contributed by atoms with Gasteiger partial charge in [-0.05, 0) is 0 Å². The summed E-state index contributed by atoms with van der Waals surface area (Å²) in [6, 6.07) is 0. The molecular weight excluding hydrogens is 1220 g/mol. The van der Waals surface area contributed by atoms with Crippen molar-refractivity contribution in [1.29, 1.82) is 0 Å². The Balaban J connectivity index is 1.88. The molecule has 4 fully saturated rings. The fourth-order valence-electron chi connectivity index (χ4n) is 9.27. The summed E-state index contributed by atoms with van der Waals surface area (Å²) in [5, 5.41) is 0. The molecule has 0 amide bonds. The molecule has 4 heterocycles. The van der Waals surface area contributed by atoms with E-state index < -0.39 is 232 Å². The second-order valence-corrected chi connectivity index (χ2v) is 19.4. The van der Waals surface area contributed by atoms with E-state index in [0.29, 0.717) is 0 Å². The van der Waals surface area contributed by atoms with Gasteiger partial charge < -0.3 is 99.5 Å². The highest BCUT2D eigenvalue weighted by Gasteiger charge is 2.61. The van der Waals surface area contributed by atoms with Gasteiger partial charge in [0.05, 0.1) is 0 Å². The Morgan fingerprint density at radius 2 is 0.416 bits per heavy atom. The summed E-state index contributed by atoms with van der Waals surface area (Å²) in [7, 11) is 0. The van der Waals surface area contributed by atoms with Gasteiger partial charge in [0.15, 0.2) is 73.2 Å². The molecule has 4 saturated heterocycles. The third-order valence-corrected chi connectivity index (χ3v) is 11.9. The van der Waals surface area contributed by atoms with Gasteiger partial charge in [0.1, 0.15) is 25.4 Å². The van der Waals surface area contributed by atoms with Gasteiger partial charge in [-0.2, -0.15) is 0 Å². The molecular formula is C52H66O37. The first-order valence-electron chi connectivity index (χ1n) is 26.5. The van der Waals surface area contributed by atoms with E-state index in [4.69, 9.17) is 99.5 Å². The maximum atomic E-state index is 14.3. The molecule has 0 aliphatic carbocycles. The van der Waals surface area contributed by atoms with E-state index in [-0.39, 0.29) is 0 Å². The molecule has 0 bridgehead atoms. The fourth-order valence-corrected chi connectivity index (χ4v) is 9.27. The molecule has 20 atom stereocenters. The van der Waals surface area contributed by atoms with Crippen LogP contribution in [0.1, 0.15) is 96.9 Å². The van der Waals surface area contributed by atoms with Crippen LogP contribution in [-0.2, 0) is 176 Å². The Bertz CT molecular complexity index is 2520. The lowest BCUT2D eigenvalue weighted by molar-refractivity contribution is -0.377. The lowest BCUT2D eigenvalue weighted by Crippen LogP contribution is -2.67. The van der Waals surface area contributed by atoms with Crippen LogP contribution in [0.2, 0.25) is 0 Å². The third kappa shape index (κ3) is 21.3. The number of esters is 16. The van der Waals surface area contributed by atoms with Crippen molar-refractivity contribution in [3.8, 4) is 0 Å². The van der Waals surface area contributed by atoms with Crippen LogP contribution >= 0.6 is 0 Å². The van der Waals surface area contributed by atoms with Crippen LogP contribution in [0, 0.1) is 0 Å². The Morgan fingerprint density at radius 3 is 0.652 bits per heavy atom. The van der Waals surface area contributed by atoms with E-state index in [2.05, 4.69) is 0 Å². The number of ether oxygens (including phenoxy) is 21. The van der Waals surface area contributed by atoms with Crippen LogP contribution in [-0.4, -0.2) is 232 Å². The van der Waals surface area contributed by atoms with Gasteiger partial charge in [-0.15, -0.1) is 0 Å². The molecule has 0 N–H and O–H groups in total. The largest absolute Gasteiger partial charge is 0.461 e. The van der Waals surface area contributed by atoms with E-state index in [1.54, 1.807) is 0 Å². The molecule has 9 unspecified atom stereocenters. The zero-order chi connectivity index (χ0) is 67.0. The maximum Gasteiger partial charge on any atom is 0.339 e. The van der Waals surface area contributed by atoms with Crippen molar-refractivity contribution in [3.63, 3.8) is 0 Å². The predicted octanol–water partition coefficient (Wildman–Crippen LogP) is -2.70. The third-order valence-electron chi connectivity index (χ3n) is 11.9. The minimum atomic E-state index is -2.35. The average Bonchev–Trinajstić information content (AvgIpc) is 0.908. The van der Waals surface area contributed by atoms with Crippen LogP contribution in [0.15, 0.2) is 0 Å². The highest BCUT2D eigenvalue weighted by Crippen LogP contribution is 2.38. The second-order valence-electron chi connectivity index (χ2n) is 19.4. The van der Waals surface area contributed by atoms with E-state index in [9.17, 15) is 76.7 Å². The fraction of sp³-hybridized carbons (Fsp3) is 0.692. The van der Waals surface area contributed by atoms with Gasteiger partial charge in [0.25, 0.3) is 0 Å². The molecule has 4 aliphatic rings. The quantitative estimate of drug-likeness (QED) is 0.0786. The van der Waals surface area contributed by atoms with Crippen molar-refractivity contribution in [3.05, 3.63) is 0 Å². The van der Waals surface area contributed by atoms with Gasteiger partial charge in [-0.1, -0.05) is 0 Å². The van der Waals surface area contributed by atoms with Crippen molar-refractivity contribution in [2.24, 2.45) is 0 Å². The molecule has 0 radical (unpaired) electrons. The molecule has 37 nitrogen and oxygen atoms in total. The highest BCUT2D eigenvalue weighted by atomic mass is 16.8. The van der Waals surface area contributed by atoms with Crippen LogP contribution in [0.3, 0.4) is 0 Å². The normalized spacial score (nSPS) is 31.3. The topological polar surface area (TPSA) is 467 Å². The summed E-state index contributed by atoms with van der Waals surface area (Å²) in [6.45, 7) is 9.67. The molecule has 4 rings (SSSR count). The summed E-state index contributed by atoms with van der Waals surface area (Å²) >= 11 is 0. The van der Waals surface area contributed by atoms with Crippen LogP contribution in [0.4, 0.5) is 0 Å². The first kappa shape index (κ1) is 72.8. The number of carbonyl (C=O) groups excluding carboxylic acids is 16. The summed E-state index contributed by atoms with van der Waals surface area (Å²) in [5.74, 6) is -19.1. The van der Waals surface area contributed by atoms with Crippen molar-refractivity contribution < 1.29 is 176 Å². The SMILES string of the molecule is CC(=O)OC1C(OC(C)=O)[C@H](OC(C)=O)C(COC(=O)C2O[C@H](OC(C)=O)C(OC(C)=O)[C@@H](OC(C)=O)[C@H]2OC(C)=O)O[C@H]1OC1OC(COC(=O)C2O[C@H](OC(C)=O)[C@H](OC(C)=O)C(OC(C)=O)[C@H]2OC(C)=O)[C@H](OC(C)=O)[C@H](OC(C)=O)[C@@H]1OC(C)=O. The Kier molecular flexibility index (Phi) is 26.6. The number of carbonyl (C=O) groups is 16. The molecule has 0 spiro atoms. The molecule has 0 saturated carbocycles. The van der Waals surface area contributed by atoms with Crippen LogP contribution in [0.25, 0.3) is 0 Å². The monoisotopic (exact) mass is 1280 g/mol. The van der Waals surface area contributed by atoms with Crippen molar-refractivity contribution >= 4 is 95.5 Å². The zero-order valence-corrected chi connectivity index (χ0v) is 50.1. The van der Waals surface area contributed by atoms with E-state index in [1.807, 2.05) is 0 Å². The van der Waals surface area contributed by atoms with Crippen molar-refractivity contribution in [1.82, 2.24) is 0 Å². The smallest absolute Gasteiger partial charge is 0.339 e. The summed E-state index contributed by atoms with van der Waals surface area (Å²) in [4.78, 5) is 205. The molecule has 496 valence electrons. The van der Waals surface area contributed by atoms with E-state index in [1.165, 1.54) is 0 Å². The van der Waals surface area contributed by atoms with E-state index >= 15 is 0 Å². The van der Waals surface area contributed by atoms with E-state index in [0.717, 1.165) is 96.9 Å². The minimum Gasteiger partial charge on any atom is -0.461 e. The van der Waals surface area contributed by atoms with Gasteiger partial charge in [-0.25, -0.2) is 9.59 Å². The first-order valence-corrected chi connectivity index (χ1v) is 26.5. The Morgan fingerprint density at radius 1 is 0.225 bits per heavy atom. The zero-order valence-electron chi connectivity index (χ0n) is 50.1. The van der Waals surface area contributed by atoms with Crippen LogP contribution in [0.5, 0.6) is 0 Å². The van der Waals surface area contributed by atoms with Gasteiger partial charge in [-0.3, -0.25) is 67.1 Å². The van der Waals surface area contributed by atoms with Crippen molar-refractivity contribution in [2.45, 2.75) is 220 Å². The first-order chi connectivity index (χ1) is 41.5. The predicted molar refractivity (Wildman–Crippen MR) is 268 cm³/mol. The molecule has 0 aromatic heterocycles. The Labute approximate surface area is 503 Å². The minimum absolute atomic E-state index is 0.837. The summed E-state index contributed by atoms with van der Waals surface area (Å²) in [6.07, 6.45) is -42.0. The molecule has 0 aromatic carbocycles. The molecule has 37 heteroatoms. The molecule has 89 heavy (non-hydrogen) atoms. The van der Waals surface area contributed by atoms with Crippen molar-refractivity contribution in [2.75, 3.05) is 13.2 Å². The van der Waals surface area contributed by atoms with Gasteiger partial charge in [0.2, 0.25) is 37.4 Å². The molecule has 0 aromatic rings. The standard InChI is InChI=1S/C52H66O37/c1-17(53)71-33-31(15-69-47(67)41-37(75-21(5)57)39(77-23(7)59)45(81-27(11)63)49(87-41)83-29(13)65)85-51(43(79-25(9)61)35(33)73-19(3)55)89-52-44(80-26(10)62)36(74-20(4)56)34(72-18(2)54)32(86-52)16-70-48(68)42-38(76-22(6)58)40(78-24(8)60)46(82-28(12)64)50(88-42)84-30(14)66/h31-46,49-52H,15-16H2,1-14H3/t31?,32?,33-,34+,35-,36?,37+,38+,39?,40-,41?,42?,43-,44?,45+,46?,49-,50-,51?,52-/m0/s1. The number of hydrogen-bond donors (Lipinski definition) is 0. The summed E-state index contributed by atoms with van der Waals surface area (Å²) in [5.41, 5.74) is 0. The van der Waals surface area contributed by atoms with Gasteiger partial charge in [0, 0.05) is 96.9 Å². The second kappa shape index (κ2) is 32.5. The summed E-state index contributed by atoms with van der Waals surface area (Å²) < 4.78 is 116. The highest BCUT2D eigenvalue weighted by molar-refractivity contribution is 5.79. The number of rotatable bonds is 22. The lowest BCUT2D eigenvalue weighted by Gasteiger charge is -2.48. The van der Waals surface area contributed by atoms with Crippen LogP contribution < -0.4 is 0 Å². The number of hydrogen-bond acceptors (Lipinski definition) is 37. The lowest BCUT2D eigenvalue weighted by atomic mass is 9.96. The average molecular weight is 1280 g/mol. The van der Waals surface area contributed by atoms with Gasteiger partial charge >= 0.3 is 95.5 Å².